The lowest BCUT2D eigenvalue weighted by Gasteiger charge is -2.14. The first kappa shape index (κ1) is 15.7. The molecule has 0 fully saturated rings. The Bertz CT molecular complexity index is 663. The molecule has 0 aliphatic rings. The fourth-order valence-electron chi connectivity index (χ4n) is 1.69. The predicted octanol–water partition coefficient (Wildman–Crippen LogP) is 5.48. The molecular weight excluding hydrogens is 331 g/mol. The molecule has 0 amide bonds. The monoisotopic (exact) mass is 338 g/mol. The van der Waals surface area contributed by atoms with Crippen LogP contribution in [0.15, 0.2) is 30.3 Å². The second kappa shape index (κ2) is 5.61. The molecule has 21 heavy (non-hydrogen) atoms. The summed E-state index contributed by atoms with van der Waals surface area (Å²) >= 11 is 11.6. The molecule has 0 radical (unpaired) electrons. The van der Waals surface area contributed by atoms with Gasteiger partial charge in [-0.05, 0) is 30.3 Å². The third kappa shape index (κ3) is 3.51. The highest BCUT2D eigenvalue weighted by atomic mass is 35.5. The normalized spacial score (nSPS) is 11.5. The summed E-state index contributed by atoms with van der Waals surface area (Å²) in [6, 6.07) is 5.26. The lowest BCUT2D eigenvalue weighted by molar-refractivity contribution is -0.136. The number of hydrogen-bond acceptors (Lipinski definition) is 2. The summed E-state index contributed by atoms with van der Waals surface area (Å²) in [5.41, 5.74) is 4.10. The molecule has 2 rings (SSSR count). The lowest BCUT2D eigenvalue weighted by Crippen LogP contribution is -2.09. The van der Waals surface area contributed by atoms with Crippen LogP contribution in [0.4, 0.5) is 34.6 Å². The van der Waals surface area contributed by atoms with Crippen molar-refractivity contribution in [2.24, 2.45) is 0 Å². The van der Waals surface area contributed by atoms with E-state index >= 15 is 0 Å². The number of anilines is 3. The van der Waals surface area contributed by atoms with Crippen molar-refractivity contribution in [3.8, 4) is 0 Å². The van der Waals surface area contributed by atoms with Crippen LogP contribution in [-0.2, 0) is 6.18 Å². The highest BCUT2D eigenvalue weighted by Crippen LogP contribution is 2.38. The molecule has 0 aliphatic carbocycles. The average Bonchev–Trinajstić information content (AvgIpc) is 2.34. The zero-order valence-corrected chi connectivity index (χ0v) is 11.7. The minimum atomic E-state index is -4.59. The minimum Gasteiger partial charge on any atom is -0.398 e. The fraction of sp³-hybridized carbons (Fsp3) is 0.0769. The van der Waals surface area contributed by atoms with Crippen molar-refractivity contribution < 1.29 is 17.6 Å². The third-order valence-electron chi connectivity index (χ3n) is 2.63. The molecule has 2 aromatic rings. The Morgan fingerprint density at radius 1 is 1.00 bits per heavy atom. The van der Waals surface area contributed by atoms with Gasteiger partial charge in [0, 0.05) is 11.4 Å². The van der Waals surface area contributed by atoms with E-state index in [1.54, 1.807) is 0 Å². The number of hydrogen-bond donors (Lipinski definition) is 2. The molecule has 0 saturated heterocycles. The second-order valence-electron chi connectivity index (χ2n) is 4.17. The molecule has 0 aromatic heterocycles. The van der Waals surface area contributed by atoms with Gasteiger partial charge in [-0.25, -0.2) is 4.39 Å². The number of benzene rings is 2. The van der Waals surface area contributed by atoms with Crippen LogP contribution in [0.1, 0.15) is 5.56 Å². The Labute approximate surface area is 127 Å². The third-order valence-corrected chi connectivity index (χ3v) is 3.23. The van der Waals surface area contributed by atoms with Crippen LogP contribution < -0.4 is 11.1 Å². The number of nitrogens with one attached hydrogen (secondary N) is 1. The number of halogens is 6. The van der Waals surface area contributed by atoms with Crippen molar-refractivity contribution >= 4 is 40.3 Å². The Hall–Kier alpha value is -1.66. The van der Waals surface area contributed by atoms with Crippen LogP contribution >= 0.6 is 23.2 Å². The highest BCUT2D eigenvalue weighted by Gasteiger charge is 2.33. The second-order valence-corrected chi connectivity index (χ2v) is 4.98. The van der Waals surface area contributed by atoms with Gasteiger partial charge in [0.15, 0.2) is 0 Å². The van der Waals surface area contributed by atoms with E-state index in [9.17, 15) is 17.6 Å². The van der Waals surface area contributed by atoms with Gasteiger partial charge in [-0.15, -0.1) is 0 Å². The maximum absolute atomic E-state index is 13.1. The summed E-state index contributed by atoms with van der Waals surface area (Å²) in [6.07, 6.45) is -4.59. The molecule has 0 heterocycles. The van der Waals surface area contributed by atoms with Crippen LogP contribution in [0, 0.1) is 5.82 Å². The molecule has 2 nitrogen and oxygen atoms in total. The lowest BCUT2D eigenvalue weighted by atomic mass is 10.1. The number of rotatable bonds is 2. The topological polar surface area (TPSA) is 38.0 Å². The van der Waals surface area contributed by atoms with Gasteiger partial charge in [0.1, 0.15) is 5.82 Å². The molecule has 0 unspecified atom stereocenters. The van der Waals surface area contributed by atoms with Crippen LogP contribution in [0.5, 0.6) is 0 Å². The molecule has 0 saturated carbocycles. The molecule has 3 N–H and O–H groups in total. The highest BCUT2D eigenvalue weighted by molar-refractivity contribution is 6.39. The summed E-state index contributed by atoms with van der Waals surface area (Å²) in [6.45, 7) is 0. The Morgan fingerprint density at radius 3 is 2.10 bits per heavy atom. The Kier molecular flexibility index (Phi) is 4.20. The van der Waals surface area contributed by atoms with Gasteiger partial charge in [-0.3, -0.25) is 0 Å². The van der Waals surface area contributed by atoms with E-state index in [2.05, 4.69) is 5.32 Å². The van der Waals surface area contributed by atoms with E-state index in [0.717, 1.165) is 24.3 Å². The van der Waals surface area contributed by atoms with Crippen molar-refractivity contribution in [3.05, 3.63) is 51.8 Å². The van der Waals surface area contributed by atoms with Gasteiger partial charge in [0.05, 0.1) is 21.3 Å². The summed E-state index contributed by atoms with van der Waals surface area (Å²) in [5.74, 6) is -0.649. The summed E-state index contributed by atoms with van der Waals surface area (Å²) < 4.78 is 51.4. The standard InChI is InChI=1S/C13H8Cl2F4N2/c14-9-3-6(16)4-10(15)12(9)21-7-1-2-11(20)8(5-7)13(17,18)19/h1-5,21H,20H2. The first-order chi connectivity index (χ1) is 9.68. The summed E-state index contributed by atoms with van der Waals surface area (Å²) in [4.78, 5) is 0. The van der Waals surface area contributed by atoms with Gasteiger partial charge in [0.2, 0.25) is 0 Å². The van der Waals surface area contributed by atoms with Crippen LogP contribution in [0.25, 0.3) is 0 Å². The van der Waals surface area contributed by atoms with E-state index in [4.69, 9.17) is 28.9 Å². The largest absolute Gasteiger partial charge is 0.418 e. The quantitative estimate of drug-likeness (QED) is 0.562. The number of nitrogens with two attached hydrogens (primary N) is 1. The minimum absolute atomic E-state index is 0.0506. The first-order valence-corrected chi connectivity index (χ1v) is 6.32. The van der Waals surface area contributed by atoms with E-state index in [-0.39, 0.29) is 21.4 Å². The fourth-order valence-corrected chi connectivity index (χ4v) is 2.24. The molecule has 0 bridgehead atoms. The van der Waals surface area contributed by atoms with Gasteiger partial charge in [-0.1, -0.05) is 23.2 Å². The van der Waals surface area contributed by atoms with Gasteiger partial charge in [0.25, 0.3) is 0 Å². The molecular formula is C13H8Cl2F4N2. The number of alkyl halides is 3. The zero-order valence-electron chi connectivity index (χ0n) is 10.2. The summed E-state index contributed by atoms with van der Waals surface area (Å²) in [5, 5.41) is 2.52. The van der Waals surface area contributed by atoms with Crippen LogP contribution in [0.3, 0.4) is 0 Å². The van der Waals surface area contributed by atoms with Crippen molar-refractivity contribution in [2.75, 3.05) is 11.1 Å². The van der Waals surface area contributed by atoms with Gasteiger partial charge < -0.3 is 11.1 Å². The predicted molar refractivity (Wildman–Crippen MR) is 75.6 cm³/mol. The molecule has 0 spiro atoms. The van der Waals surface area contributed by atoms with Crippen molar-refractivity contribution in [3.63, 3.8) is 0 Å². The first-order valence-electron chi connectivity index (χ1n) is 5.57. The Balaban J connectivity index is 2.42. The molecule has 0 atom stereocenters. The molecule has 8 heteroatoms. The van der Waals surface area contributed by atoms with Gasteiger partial charge in [-0.2, -0.15) is 13.2 Å². The van der Waals surface area contributed by atoms with E-state index in [1.165, 1.54) is 6.07 Å². The maximum atomic E-state index is 13.1. The SMILES string of the molecule is Nc1ccc(Nc2c(Cl)cc(F)cc2Cl)cc1C(F)(F)F. The van der Waals surface area contributed by atoms with Gasteiger partial charge >= 0.3 is 6.18 Å². The smallest absolute Gasteiger partial charge is 0.398 e. The van der Waals surface area contributed by atoms with Crippen molar-refractivity contribution in [1.82, 2.24) is 0 Å². The van der Waals surface area contributed by atoms with Crippen molar-refractivity contribution in [2.45, 2.75) is 6.18 Å². The summed E-state index contributed by atoms with van der Waals surface area (Å²) in [7, 11) is 0. The van der Waals surface area contributed by atoms with Crippen LogP contribution in [-0.4, -0.2) is 0 Å². The van der Waals surface area contributed by atoms with E-state index in [1.807, 2.05) is 0 Å². The zero-order chi connectivity index (χ0) is 15.8. The van der Waals surface area contributed by atoms with E-state index < -0.39 is 23.2 Å². The van der Waals surface area contributed by atoms with Crippen molar-refractivity contribution in [1.29, 1.82) is 0 Å². The number of nitrogen functional groups attached to an aromatic ring is 1. The maximum Gasteiger partial charge on any atom is 0.418 e. The molecule has 2 aromatic carbocycles. The van der Waals surface area contributed by atoms with Crippen LogP contribution in [0.2, 0.25) is 10.0 Å². The Morgan fingerprint density at radius 2 is 1.57 bits per heavy atom. The van der Waals surface area contributed by atoms with E-state index in [0.29, 0.717) is 0 Å². The average molecular weight is 339 g/mol. The molecule has 0 aliphatic heterocycles. The molecule has 112 valence electrons.